The van der Waals surface area contributed by atoms with Crippen LogP contribution in [0.4, 0.5) is 0 Å². The molecule has 0 amide bonds. The van der Waals surface area contributed by atoms with Gasteiger partial charge in [-0.25, -0.2) is 4.98 Å². The predicted octanol–water partition coefficient (Wildman–Crippen LogP) is 4.38. The number of methoxy groups -OCH3 is 1. The first-order chi connectivity index (χ1) is 12.7. The Bertz CT molecular complexity index is 911. The molecule has 0 bridgehead atoms. The Morgan fingerprint density at radius 2 is 1.70 bits per heavy atom. The minimum atomic E-state index is -0.391. The van der Waals surface area contributed by atoms with Crippen LogP contribution in [-0.2, 0) is 14.0 Å². The highest BCUT2D eigenvalue weighted by Crippen LogP contribution is 2.37. The molecule has 4 nitrogen and oxygen atoms in total. The summed E-state index contributed by atoms with van der Waals surface area (Å²) in [5.74, 6) is 0.934. The molecule has 0 radical (unpaired) electrons. The van der Waals surface area contributed by atoms with Crippen molar-refractivity contribution < 1.29 is 14.0 Å². The molecule has 27 heavy (non-hydrogen) atoms. The number of benzene rings is 1. The topological polar surface area (TPSA) is 40.6 Å². The number of pyridine rings is 1. The van der Waals surface area contributed by atoms with E-state index in [-0.39, 0.29) is 11.2 Å². The van der Waals surface area contributed by atoms with Crippen molar-refractivity contribution in [1.82, 2.24) is 4.98 Å². The summed E-state index contributed by atoms with van der Waals surface area (Å²) in [6.45, 7) is 10.4. The highest BCUT2D eigenvalue weighted by molar-refractivity contribution is 6.65. The summed E-state index contributed by atoms with van der Waals surface area (Å²) in [5, 5.41) is 1.08. The second-order valence-corrected chi connectivity index (χ2v) is 8.64. The van der Waals surface area contributed by atoms with Crippen LogP contribution in [0.15, 0.2) is 29.8 Å². The Morgan fingerprint density at radius 3 is 2.26 bits per heavy atom. The van der Waals surface area contributed by atoms with E-state index in [9.17, 15) is 0 Å². The lowest BCUT2D eigenvalue weighted by Crippen LogP contribution is -2.41. The Balaban J connectivity index is 1.80. The molecule has 0 spiro atoms. The summed E-state index contributed by atoms with van der Waals surface area (Å²) in [7, 11) is 1.35. The molecule has 2 aliphatic rings. The van der Waals surface area contributed by atoms with Crippen molar-refractivity contribution in [2.45, 2.75) is 65.1 Å². The molecular weight excluding hydrogens is 337 g/mol. The molecule has 2 fully saturated rings. The third-order valence-electron chi connectivity index (χ3n) is 6.31. The van der Waals surface area contributed by atoms with Crippen molar-refractivity contribution in [3.05, 3.63) is 41.1 Å². The molecule has 0 atom stereocenters. The van der Waals surface area contributed by atoms with Gasteiger partial charge in [0.15, 0.2) is 0 Å². The summed E-state index contributed by atoms with van der Waals surface area (Å²) in [6.07, 6.45) is 3.45. The lowest BCUT2D eigenvalue weighted by molar-refractivity contribution is 0.00578. The van der Waals surface area contributed by atoms with Crippen LogP contribution in [0.3, 0.4) is 0 Å². The molecule has 2 heterocycles. The first-order valence-electron chi connectivity index (χ1n) is 9.76. The maximum absolute atomic E-state index is 6.28. The van der Waals surface area contributed by atoms with Crippen LogP contribution >= 0.6 is 0 Å². The van der Waals surface area contributed by atoms with Gasteiger partial charge >= 0.3 is 7.12 Å². The number of hydrogen-bond acceptors (Lipinski definition) is 4. The number of ether oxygens (including phenoxy) is 1. The van der Waals surface area contributed by atoms with Crippen LogP contribution in [0.25, 0.3) is 16.7 Å². The van der Waals surface area contributed by atoms with Crippen LogP contribution in [0.5, 0.6) is 0 Å². The maximum atomic E-state index is 6.28. The Morgan fingerprint density at radius 1 is 1.04 bits per heavy atom. The van der Waals surface area contributed by atoms with Crippen molar-refractivity contribution in [1.29, 1.82) is 0 Å². The van der Waals surface area contributed by atoms with Crippen molar-refractivity contribution in [3.8, 4) is 0 Å². The van der Waals surface area contributed by atoms with Crippen LogP contribution in [-0.4, -0.2) is 30.4 Å². The first kappa shape index (κ1) is 18.5. The van der Waals surface area contributed by atoms with Gasteiger partial charge in [0, 0.05) is 5.39 Å². The Labute approximate surface area is 162 Å². The molecule has 5 heteroatoms. The minimum Gasteiger partial charge on any atom is -0.495 e. The van der Waals surface area contributed by atoms with Gasteiger partial charge in [0.05, 0.1) is 23.8 Å². The fourth-order valence-electron chi connectivity index (χ4n) is 3.69. The van der Waals surface area contributed by atoms with E-state index in [1.54, 1.807) is 7.11 Å². The van der Waals surface area contributed by atoms with Gasteiger partial charge in [-0.05, 0) is 76.5 Å². The zero-order valence-corrected chi connectivity index (χ0v) is 17.2. The lowest BCUT2D eigenvalue weighted by Gasteiger charge is -2.32. The number of nitrogens with zero attached hydrogens (tertiary/aromatic N) is 1. The van der Waals surface area contributed by atoms with E-state index < -0.39 is 7.12 Å². The van der Waals surface area contributed by atoms with Gasteiger partial charge in [0.25, 0.3) is 0 Å². The van der Waals surface area contributed by atoms with Crippen LogP contribution in [0.1, 0.15) is 58.2 Å². The molecule has 1 aromatic carbocycles. The summed E-state index contributed by atoms with van der Waals surface area (Å²) in [6, 6.07) is 8.38. The van der Waals surface area contributed by atoms with E-state index in [1.165, 1.54) is 12.0 Å². The third kappa shape index (κ3) is 2.97. The van der Waals surface area contributed by atoms with Gasteiger partial charge in [-0.1, -0.05) is 18.2 Å². The highest BCUT2D eigenvalue weighted by atomic mass is 16.7. The summed E-state index contributed by atoms with van der Waals surface area (Å²) in [4.78, 5) is 4.96. The van der Waals surface area contributed by atoms with Gasteiger partial charge in [-0.15, -0.1) is 0 Å². The number of rotatable bonds is 3. The van der Waals surface area contributed by atoms with Crippen LogP contribution in [0.2, 0.25) is 0 Å². The molecule has 0 unspecified atom stereocenters. The highest BCUT2D eigenvalue weighted by Gasteiger charge is 2.52. The van der Waals surface area contributed by atoms with E-state index in [4.69, 9.17) is 19.0 Å². The summed E-state index contributed by atoms with van der Waals surface area (Å²) in [5.41, 5.74) is 4.71. The van der Waals surface area contributed by atoms with E-state index in [1.807, 2.05) is 0 Å². The van der Waals surface area contributed by atoms with E-state index >= 15 is 0 Å². The molecule has 142 valence electrons. The molecule has 0 N–H and O–H groups in total. The average Bonchev–Trinajstić information content (AvgIpc) is 2.78. The monoisotopic (exact) mass is 365 g/mol. The standard InChI is InChI=1S/C22H28BNO3/c1-14-10-12-17(23-26-21(2,3)22(4,5)27-23)16-11-13-18(24-19(14)16)20(25-6)15-8-7-9-15/h10-13H,7-9H2,1-6H3. The Hall–Kier alpha value is -1.85. The quantitative estimate of drug-likeness (QED) is 0.598. The van der Waals surface area contributed by atoms with E-state index in [0.29, 0.717) is 0 Å². The van der Waals surface area contributed by atoms with Crippen LogP contribution < -0.4 is 5.46 Å². The fourth-order valence-corrected chi connectivity index (χ4v) is 3.69. The van der Waals surface area contributed by atoms with Gasteiger partial charge in [0.1, 0.15) is 11.5 Å². The molecule has 1 aliphatic carbocycles. The molecule has 1 aromatic heterocycles. The SMILES string of the molecule is COC(=C1CCC1)c1ccc2c(B3OC(C)(C)C(C)(C)O3)ccc(C)c2n1. The van der Waals surface area contributed by atoms with Gasteiger partial charge in [-0.2, -0.15) is 0 Å². The predicted molar refractivity (Wildman–Crippen MR) is 110 cm³/mol. The minimum absolute atomic E-state index is 0.361. The number of aryl methyl sites for hydroxylation is 1. The molecule has 1 saturated carbocycles. The average molecular weight is 365 g/mol. The third-order valence-corrected chi connectivity index (χ3v) is 6.31. The molecule has 1 saturated heterocycles. The summed E-state index contributed by atoms with van der Waals surface area (Å²) < 4.78 is 18.2. The largest absolute Gasteiger partial charge is 0.495 e. The zero-order chi connectivity index (χ0) is 19.4. The smallest absolute Gasteiger partial charge is 0.495 e. The van der Waals surface area contributed by atoms with Crippen molar-refractivity contribution in [3.63, 3.8) is 0 Å². The van der Waals surface area contributed by atoms with E-state index in [0.717, 1.165) is 46.2 Å². The van der Waals surface area contributed by atoms with Gasteiger partial charge in [-0.3, -0.25) is 0 Å². The number of allylic oxidation sites excluding steroid dienone is 1. The maximum Gasteiger partial charge on any atom is 0.495 e. The normalized spacial score (nSPS) is 20.7. The van der Waals surface area contributed by atoms with Crippen molar-refractivity contribution in [2.75, 3.05) is 7.11 Å². The van der Waals surface area contributed by atoms with Crippen molar-refractivity contribution >= 4 is 29.2 Å². The first-order valence-corrected chi connectivity index (χ1v) is 9.76. The lowest BCUT2D eigenvalue weighted by atomic mass is 9.76. The fraction of sp³-hybridized carbons (Fsp3) is 0.500. The molecule has 1 aliphatic heterocycles. The number of hydrogen-bond donors (Lipinski definition) is 0. The number of aromatic nitrogens is 1. The Kier molecular flexibility index (Phi) is 4.36. The number of fused-ring (bicyclic) bond motifs is 1. The van der Waals surface area contributed by atoms with Crippen molar-refractivity contribution in [2.24, 2.45) is 0 Å². The zero-order valence-electron chi connectivity index (χ0n) is 17.2. The van der Waals surface area contributed by atoms with Gasteiger partial charge in [0.2, 0.25) is 0 Å². The molecular formula is C22H28BNO3. The summed E-state index contributed by atoms with van der Waals surface area (Å²) >= 11 is 0. The van der Waals surface area contributed by atoms with Crippen LogP contribution in [0, 0.1) is 6.92 Å². The molecule has 4 rings (SSSR count). The second kappa shape index (κ2) is 6.35. The second-order valence-electron chi connectivity index (χ2n) is 8.64. The van der Waals surface area contributed by atoms with Gasteiger partial charge < -0.3 is 14.0 Å². The van der Waals surface area contributed by atoms with E-state index in [2.05, 4.69) is 58.9 Å². The molecule has 2 aromatic rings.